The number of rotatable bonds is 5. The molecular weight excluding hydrogens is 335 g/mol. The van der Waals surface area contributed by atoms with Gasteiger partial charge >= 0.3 is 0 Å². The summed E-state index contributed by atoms with van der Waals surface area (Å²) in [5.41, 5.74) is -0.178. The summed E-state index contributed by atoms with van der Waals surface area (Å²) >= 11 is 0. The fourth-order valence-electron chi connectivity index (χ4n) is 2.02. The van der Waals surface area contributed by atoms with Gasteiger partial charge < -0.3 is 10.6 Å². The molecule has 25 heavy (non-hydrogen) atoms. The largest absolute Gasteiger partial charge is 0.343 e. The quantitative estimate of drug-likeness (QED) is 0.870. The number of benzene rings is 2. The van der Waals surface area contributed by atoms with Crippen LogP contribution in [-0.4, -0.2) is 18.4 Å². The van der Waals surface area contributed by atoms with Crippen molar-refractivity contribution >= 4 is 11.8 Å². The van der Waals surface area contributed by atoms with E-state index in [0.29, 0.717) is 6.07 Å². The minimum Gasteiger partial charge on any atom is -0.343 e. The highest BCUT2D eigenvalue weighted by Crippen LogP contribution is 2.17. The smallest absolute Gasteiger partial charge is 0.251 e. The number of carbonyl (C=O) groups excluding carboxylic acids is 2. The zero-order valence-electron chi connectivity index (χ0n) is 12.7. The zero-order valence-corrected chi connectivity index (χ0v) is 12.7. The first-order chi connectivity index (χ1) is 11.9. The van der Waals surface area contributed by atoms with Crippen molar-refractivity contribution < 1.29 is 22.8 Å². The van der Waals surface area contributed by atoms with Crippen LogP contribution in [0.5, 0.6) is 0 Å². The molecule has 2 amide bonds. The van der Waals surface area contributed by atoms with E-state index in [0.717, 1.165) is 24.3 Å². The number of hydrogen-bond donors (Lipinski definition) is 2. The van der Waals surface area contributed by atoms with Crippen LogP contribution in [0, 0.1) is 28.8 Å². The standard InChI is InChI=1S/C17H12F3N3O2/c18-11-3-1-2-10(6-11)17(25)22-9-16(24)23-15(8-21)13-5-4-12(19)7-14(13)20/h1-7,15H,9H2,(H,22,25)(H,23,24)/t15-/m1/s1. The van der Waals surface area contributed by atoms with Gasteiger partial charge in [0, 0.05) is 17.2 Å². The third-order valence-electron chi connectivity index (χ3n) is 3.20. The summed E-state index contributed by atoms with van der Waals surface area (Å²) in [5.74, 6) is -3.84. The van der Waals surface area contributed by atoms with Gasteiger partial charge in [-0.3, -0.25) is 9.59 Å². The number of halogens is 3. The highest BCUT2D eigenvalue weighted by molar-refractivity contribution is 5.96. The molecule has 0 saturated carbocycles. The molecule has 2 aromatic carbocycles. The Balaban J connectivity index is 1.96. The second kappa shape index (κ2) is 7.97. The van der Waals surface area contributed by atoms with Crippen LogP contribution < -0.4 is 10.6 Å². The van der Waals surface area contributed by atoms with Crippen LogP contribution in [0.25, 0.3) is 0 Å². The maximum atomic E-state index is 13.7. The predicted octanol–water partition coefficient (Wildman–Crippen LogP) is 2.21. The molecule has 0 aliphatic rings. The highest BCUT2D eigenvalue weighted by Gasteiger charge is 2.18. The zero-order chi connectivity index (χ0) is 18.4. The third-order valence-corrected chi connectivity index (χ3v) is 3.20. The number of carbonyl (C=O) groups is 2. The fraction of sp³-hybridized carbons (Fsp3) is 0.118. The molecule has 0 aliphatic carbocycles. The van der Waals surface area contributed by atoms with E-state index in [2.05, 4.69) is 10.6 Å². The van der Waals surface area contributed by atoms with Gasteiger partial charge in [-0.2, -0.15) is 5.26 Å². The molecule has 0 fully saturated rings. The normalized spacial score (nSPS) is 11.3. The molecule has 2 N–H and O–H groups in total. The van der Waals surface area contributed by atoms with E-state index in [9.17, 15) is 22.8 Å². The van der Waals surface area contributed by atoms with E-state index >= 15 is 0 Å². The lowest BCUT2D eigenvalue weighted by Crippen LogP contribution is -2.38. The summed E-state index contributed by atoms with van der Waals surface area (Å²) < 4.78 is 39.6. The summed E-state index contributed by atoms with van der Waals surface area (Å²) in [6.07, 6.45) is 0. The van der Waals surface area contributed by atoms with Crippen LogP contribution in [0.3, 0.4) is 0 Å². The molecule has 0 heterocycles. The molecule has 0 bridgehead atoms. The molecule has 0 unspecified atom stereocenters. The van der Waals surface area contributed by atoms with Crippen LogP contribution >= 0.6 is 0 Å². The van der Waals surface area contributed by atoms with E-state index in [4.69, 9.17) is 5.26 Å². The van der Waals surface area contributed by atoms with Crippen molar-refractivity contribution in [3.8, 4) is 6.07 Å². The number of amides is 2. The Kier molecular flexibility index (Phi) is 5.74. The Hall–Kier alpha value is -3.34. The predicted molar refractivity (Wildman–Crippen MR) is 81.6 cm³/mol. The third kappa shape index (κ3) is 4.81. The average Bonchev–Trinajstić information content (AvgIpc) is 2.58. The van der Waals surface area contributed by atoms with Gasteiger partial charge in [0.15, 0.2) is 0 Å². The van der Waals surface area contributed by atoms with Crippen molar-refractivity contribution in [3.05, 3.63) is 71.0 Å². The molecular formula is C17H12F3N3O2. The van der Waals surface area contributed by atoms with Crippen molar-refractivity contribution in [1.82, 2.24) is 10.6 Å². The van der Waals surface area contributed by atoms with E-state index in [1.165, 1.54) is 12.1 Å². The summed E-state index contributed by atoms with van der Waals surface area (Å²) in [7, 11) is 0. The van der Waals surface area contributed by atoms with Crippen LogP contribution in [0.1, 0.15) is 22.0 Å². The minimum atomic E-state index is -1.35. The average molecular weight is 347 g/mol. The summed E-state index contributed by atoms with van der Waals surface area (Å²) in [5, 5.41) is 13.5. The SMILES string of the molecule is N#C[C@@H](NC(=O)CNC(=O)c1cccc(F)c1)c1ccc(F)cc1F. The van der Waals surface area contributed by atoms with Gasteiger partial charge in [0.1, 0.15) is 23.5 Å². The van der Waals surface area contributed by atoms with Crippen molar-refractivity contribution in [2.24, 2.45) is 0 Å². The molecule has 0 aliphatic heterocycles. The minimum absolute atomic E-state index is 0.0224. The monoisotopic (exact) mass is 347 g/mol. The van der Waals surface area contributed by atoms with Gasteiger partial charge in [0.2, 0.25) is 5.91 Å². The first-order valence-corrected chi connectivity index (χ1v) is 7.08. The molecule has 0 spiro atoms. The maximum Gasteiger partial charge on any atom is 0.251 e. The Morgan fingerprint density at radius 2 is 1.80 bits per heavy atom. The first-order valence-electron chi connectivity index (χ1n) is 7.08. The molecule has 5 nitrogen and oxygen atoms in total. The Morgan fingerprint density at radius 3 is 2.44 bits per heavy atom. The van der Waals surface area contributed by atoms with Crippen molar-refractivity contribution in [2.75, 3.05) is 6.54 Å². The van der Waals surface area contributed by atoms with Gasteiger partial charge in [-0.15, -0.1) is 0 Å². The first kappa shape index (κ1) is 18.0. The van der Waals surface area contributed by atoms with E-state index in [-0.39, 0.29) is 11.1 Å². The molecule has 0 radical (unpaired) electrons. The Labute approximate surface area is 141 Å². The van der Waals surface area contributed by atoms with Crippen molar-refractivity contribution in [2.45, 2.75) is 6.04 Å². The molecule has 2 aromatic rings. The van der Waals surface area contributed by atoms with Gasteiger partial charge in [-0.25, -0.2) is 13.2 Å². The second-order valence-corrected chi connectivity index (χ2v) is 4.99. The van der Waals surface area contributed by atoms with Gasteiger partial charge in [-0.1, -0.05) is 12.1 Å². The fourth-order valence-corrected chi connectivity index (χ4v) is 2.02. The lowest BCUT2D eigenvalue weighted by Gasteiger charge is -2.13. The van der Waals surface area contributed by atoms with Crippen molar-refractivity contribution in [3.63, 3.8) is 0 Å². The summed E-state index contributed by atoms with van der Waals surface area (Å²) in [6.45, 7) is -0.504. The van der Waals surface area contributed by atoms with Gasteiger partial charge in [-0.05, 0) is 24.3 Å². The molecule has 0 aromatic heterocycles. The summed E-state index contributed by atoms with van der Waals surface area (Å²) in [4.78, 5) is 23.6. The van der Waals surface area contributed by atoms with Crippen LogP contribution in [0.2, 0.25) is 0 Å². The molecule has 8 heteroatoms. The lowest BCUT2D eigenvalue weighted by atomic mass is 10.1. The van der Waals surface area contributed by atoms with Crippen LogP contribution in [0.4, 0.5) is 13.2 Å². The number of nitriles is 1. The Morgan fingerprint density at radius 1 is 1.08 bits per heavy atom. The van der Waals surface area contributed by atoms with E-state index < -0.39 is 41.9 Å². The molecule has 1 atom stereocenters. The highest BCUT2D eigenvalue weighted by atomic mass is 19.1. The molecule has 0 saturated heterocycles. The summed E-state index contributed by atoms with van der Waals surface area (Å²) in [6, 6.07) is 7.80. The van der Waals surface area contributed by atoms with Crippen LogP contribution in [0.15, 0.2) is 42.5 Å². The molecule has 128 valence electrons. The van der Waals surface area contributed by atoms with E-state index in [1.54, 1.807) is 6.07 Å². The van der Waals surface area contributed by atoms with E-state index in [1.807, 2.05) is 0 Å². The number of nitrogens with one attached hydrogen (secondary N) is 2. The number of nitrogens with zero attached hydrogens (tertiary/aromatic N) is 1. The molecule has 2 rings (SSSR count). The second-order valence-electron chi connectivity index (χ2n) is 4.99. The van der Waals surface area contributed by atoms with Crippen LogP contribution in [-0.2, 0) is 4.79 Å². The lowest BCUT2D eigenvalue weighted by molar-refractivity contribution is -0.120. The maximum absolute atomic E-state index is 13.7. The van der Waals surface area contributed by atoms with Gasteiger partial charge in [0.05, 0.1) is 12.6 Å². The Bertz CT molecular complexity index is 849. The van der Waals surface area contributed by atoms with Crippen molar-refractivity contribution in [1.29, 1.82) is 5.26 Å². The topological polar surface area (TPSA) is 82.0 Å². The number of hydrogen-bond acceptors (Lipinski definition) is 3. The van der Waals surface area contributed by atoms with Gasteiger partial charge in [0.25, 0.3) is 5.91 Å².